The SMILES string of the molecule is c1cn(C2CC2)c(NC2CCCOC2)n1. The van der Waals surface area contributed by atoms with E-state index in [2.05, 4.69) is 21.1 Å². The van der Waals surface area contributed by atoms with E-state index in [-0.39, 0.29) is 0 Å². The number of nitrogens with zero attached hydrogens (tertiary/aromatic N) is 2. The minimum absolute atomic E-state index is 0.443. The van der Waals surface area contributed by atoms with Gasteiger partial charge in [0, 0.05) is 25.0 Å². The second-order valence-electron chi connectivity index (χ2n) is 4.45. The standard InChI is InChI=1S/C11H17N3O/c1-2-9(8-15-7-1)13-11-12-5-6-14(11)10-3-4-10/h5-6,9-10H,1-4,7-8H2,(H,12,13). The Morgan fingerprint density at radius 2 is 2.33 bits per heavy atom. The molecule has 0 amide bonds. The lowest BCUT2D eigenvalue weighted by Crippen LogP contribution is -2.31. The largest absolute Gasteiger partial charge is 0.379 e. The highest BCUT2D eigenvalue weighted by Crippen LogP contribution is 2.36. The van der Waals surface area contributed by atoms with Crippen molar-refractivity contribution in [2.24, 2.45) is 0 Å². The zero-order valence-corrected chi connectivity index (χ0v) is 8.85. The van der Waals surface area contributed by atoms with Crippen LogP contribution in [-0.2, 0) is 4.74 Å². The number of imidazole rings is 1. The molecule has 82 valence electrons. The van der Waals surface area contributed by atoms with Crippen LogP contribution in [0.15, 0.2) is 12.4 Å². The fourth-order valence-corrected chi connectivity index (χ4v) is 2.11. The molecule has 2 fully saturated rings. The smallest absolute Gasteiger partial charge is 0.203 e. The normalized spacial score (nSPS) is 26.5. The highest BCUT2D eigenvalue weighted by molar-refractivity contribution is 5.29. The Morgan fingerprint density at radius 1 is 1.40 bits per heavy atom. The number of aromatic nitrogens is 2. The van der Waals surface area contributed by atoms with Gasteiger partial charge in [-0.15, -0.1) is 0 Å². The second kappa shape index (κ2) is 3.85. The van der Waals surface area contributed by atoms with Crippen LogP contribution in [0.4, 0.5) is 5.95 Å². The fourth-order valence-electron chi connectivity index (χ4n) is 2.11. The summed E-state index contributed by atoms with van der Waals surface area (Å²) in [7, 11) is 0. The summed E-state index contributed by atoms with van der Waals surface area (Å²) in [5.41, 5.74) is 0. The van der Waals surface area contributed by atoms with Gasteiger partial charge in [-0.2, -0.15) is 0 Å². The van der Waals surface area contributed by atoms with E-state index in [1.165, 1.54) is 19.3 Å². The minimum atomic E-state index is 0.443. The van der Waals surface area contributed by atoms with Crippen molar-refractivity contribution in [3.05, 3.63) is 12.4 Å². The van der Waals surface area contributed by atoms with Crippen molar-refractivity contribution in [1.82, 2.24) is 9.55 Å². The van der Waals surface area contributed by atoms with Crippen molar-refractivity contribution in [2.75, 3.05) is 18.5 Å². The average molecular weight is 207 g/mol. The number of hydrogen-bond acceptors (Lipinski definition) is 3. The molecule has 1 unspecified atom stereocenters. The summed E-state index contributed by atoms with van der Waals surface area (Å²) in [4.78, 5) is 4.37. The average Bonchev–Trinajstić information content (AvgIpc) is 3.02. The third kappa shape index (κ3) is 2.00. The molecule has 15 heavy (non-hydrogen) atoms. The molecule has 1 aromatic heterocycles. The molecule has 1 aliphatic heterocycles. The zero-order valence-electron chi connectivity index (χ0n) is 8.85. The van der Waals surface area contributed by atoms with E-state index in [1.54, 1.807) is 0 Å². The Morgan fingerprint density at radius 3 is 3.07 bits per heavy atom. The number of rotatable bonds is 3. The van der Waals surface area contributed by atoms with E-state index < -0.39 is 0 Å². The predicted octanol–water partition coefficient (Wildman–Crippen LogP) is 1.81. The van der Waals surface area contributed by atoms with E-state index in [4.69, 9.17) is 4.74 Å². The third-order valence-corrected chi connectivity index (χ3v) is 3.10. The van der Waals surface area contributed by atoms with Crippen LogP contribution in [0, 0.1) is 0 Å². The summed E-state index contributed by atoms with van der Waals surface area (Å²) >= 11 is 0. The van der Waals surface area contributed by atoms with Gasteiger partial charge in [-0.25, -0.2) is 4.98 Å². The van der Waals surface area contributed by atoms with Crippen LogP contribution in [0.1, 0.15) is 31.7 Å². The second-order valence-corrected chi connectivity index (χ2v) is 4.45. The van der Waals surface area contributed by atoms with Crippen LogP contribution < -0.4 is 5.32 Å². The molecule has 1 aromatic rings. The third-order valence-electron chi connectivity index (χ3n) is 3.10. The maximum Gasteiger partial charge on any atom is 0.203 e. The van der Waals surface area contributed by atoms with Crippen molar-refractivity contribution in [1.29, 1.82) is 0 Å². The molecular weight excluding hydrogens is 190 g/mol. The summed E-state index contributed by atoms with van der Waals surface area (Å²) < 4.78 is 7.71. The topological polar surface area (TPSA) is 39.1 Å². The van der Waals surface area contributed by atoms with Crippen LogP contribution in [0.3, 0.4) is 0 Å². The maximum absolute atomic E-state index is 5.45. The zero-order chi connectivity index (χ0) is 10.1. The minimum Gasteiger partial charge on any atom is -0.379 e. The Kier molecular flexibility index (Phi) is 2.37. The first-order chi connectivity index (χ1) is 7.43. The Balaban J connectivity index is 1.67. The Hall–Kier alpha value is -1.03. The molecule has 0 radical (unpaired) electrons. The van der Waals surface area contributed by atoms with Gasteiger partial charge in [0.25, 0.3) is 0 Å². The number of hydrogen-bond donors (Lipinski definition) is 1. The molecule has 1 aliphatic carbocycles. The van der Waals surface area contributed by atoms with Gasteiger partial charge >= 0.3 is 0 Å². The summed E-state index contributed by atoms with van der Waals surface area (Å²) in [5, 5.41) is 3.48. The first kappa shape index (κ1) is 9.21. The lowest BCUT2D eigenvalue weighted by atomic mass is 10.1. The van der Waals surface area contributed by atoms with Crippen molar-refractivity contribution in [2.45, 2.75) is 37.8 Å². The van der Waals surface area contributed by atoms with Gasteiger partial charge in [-0.05, 0) is 25.7 Å². The molecule has 0 aromatic carbocycles. The van der Waals surface area contributed by atoms with E-state index in [9.17, 15) is 0 Å². The van der Waals surface area contributed by atoms with E-state index >= 15 is 0 Å². The number of nitrogens with one attached hydrogen (secondary N) is 1. The molecule has 0 spiro atoms. The number of anilines is 1. The summed E-state index contributed by atoms with van der Waals surface area (Å²) in [6.07, 6.45) is 8.89. The molecule has 2 aliphatic rings. The first-order valence-electron chi connectivity index (χ1n) is 5.80. The van der Waals surface area contributed by atoms with Gasteiger partial charge in [-0.1, -0.05) is 0 Å². The Bertz CT molecular complexity index is 326. The molecular formula is C11H17N3O. The monoisotopic (exact) mass is 207 g/mol. The van der Waals surface area contributed by atoms with Gasteiger partial charge in [0.2, 0.25) is 5.95 Å². The molecule has 4 heteroatoms. The molecule has 3 rings (SSSR count). The van der Waals surface area contributed by atoms with Crippen molar-refractivity contribution in [3.63, 3.8) is 0 Å². The van der Waals surface area contributed by atoms with Crippen LogP contribution >= 0.6 is 0 Å². The van der Waals surface area contributed by atoms with Gasteiger partial charge < -0.3 is 14.6 Å². The molecule has 2 heterocycles. The lowest BCUT2D eigenvalue weighted by Gasteiger charge is -2.23. The predicted molar refractivity (Wildman–Crippen MR) is 58.0 cm³/mol. The summed E-state index contributed by atoms with van der Waals surface area (Å²) in [6, 6.07) is 1.14. The molecule has 1 saturated heterocycles. The number of ether oxygens (including phenoxy) is 1. The molecule has 1 saturated carbocycles. The van der Waals surface area contributed by atoms with E-state index in [0.717, 1.165) is 25.6 Å². The molecule has 4 nitrogen and oxygen atoms in total. The van der Waals surface area contributed by atoms with Crippen LogP contribution in [0.2, 0.25) is 0 Å². The molecule has 1 atom stereocenters. The van der Waals surface area contributed by atoms with Crippen LogP contribution in [-0.4, -0.2) is 28.8 Å². The van der Waals surface area contributed by atoms with E-state index in [0.29, 0.717) is 12.1 Å². The quantitative estimate of drug-likeness (QED) is 0.821. The highest BCUT2D eigenvalue weighted by atomic mass is 16.5. The molecule has 0 bridgehead atoms. The van der Waals surface area contributed by atoms with Gasteiger partial charge in [0.1, 0.15) is 0 Å². The van der Waals surface area contributed by atoms with Crippen LogP contribution in [0.25, 0.3) is 0 Å². The van der Waals surface area contributed by atoms with Crippen molar-refractivity contribution in [3.8, 4) is 0 Å². The van der Waals surface area contributed by atoms with E-state index in [1.807, 2.05) is 6.20 Å². The van der Waals surface area contributed by atoms with Crippen LogP contribution in [0.5, 0.6) is 0 Å². The first-order valence-corrected chi connectivity index (χ1v) is 5.80. The van der Waals surface area contributed by atoms with Gasteiger partial charge in [0.05, 0.1) is 12.6 Å². The maximum atomic E-state index is 5.45. The highest BCUT2D eigenvalue weighted by Gasteiger charge is 2.26. The summed E-state index contributed by atoms with van der Waals surface area (Å²) in [5.74, 6) is 1.02. The van der Waals surface area contributed by atoms with Crippen molar-refractivity contribution < 1.29 is 4.74 Å². The Labute approximate surface area is 89.6 Å². The lowest BCUT2D eigenvalue weighted by molar-refractivity contribution is 0.0873. The summed E-state index contributed by atoms with van der Waals surface area (Å²) in [6.45, 7) is 1.73. The van der Waals surface area contributed by atoms with Gasteiger partial charge in [-0.3, -0.25) is 0 Å². The van der Waals surface area contributed by atoms with Crippen molar-refractivity contribution >= 4 is 5.95 Å². The fraction of sp³-hybridized carbons (Fsp3) is 0.727. The van der Waals surface area contributed by atoms with Gasteiger partial charge in [0.15, 0.2) is 0 Å². The molecule has 1 N–H and O–H groups in total.